The Labute approximate surface area is 122 Å². The number of carbonyl (C=O) groups is 1. The Bertz CT molecular complexity index is 467. The predicted octanol–water partition coefficient (Wildman–Crippen LogP) is 1.13. The summed E-state index contributed by atoms with van der Waals surface area (Å²) in [5.74, 6) is 1.18. The van der Waals surface area contributed by atoms with Crippen molar-refractivity contribution in [1.29, 1.82) is 0 Å². The molecule has 0 bridgehead atoms. The molecule has 20 heavy (non-hydrogen) atoms. The number of anilines is 1. The van der Waals surface area contributed by atoms with Crippen molar-refractivity contribution in [1.82, 2.24) is 14.3 Å². The molecule has 2 fully saturated rings. The van der Waals surface area contributed by atoms with Gasteiger partial charge in [-0.2, -0.15) is 4.37 Å². The zero-order valence-corrected chi connectivity index (χ0v) is 12.6. The van der Waals surface area contributed by atoms with E-state index in [-0.39, 0.29) is 5.92 Å². The molecule has 0 radical (unpaired) electrons. The van der Waals surface area contributed by atoms with Crippen molar-refractivity contribution in [2.24, 2.45) is 5.92 Å². The molecule has 2 aliphatic heterocycles. The van der Waals surface area contributed by atoms with Gasteiger partial charge in [0, 0.05) is 44.8 Å². The van der Waals surface area contributed by atoms with Gasteiger partial charge < -0.3 is 14.5 Å². The quantitative estimate of drug-likeness (QED) is 0.834. The van der Waals surface area contributed by atoms with Crippen LogP contribution in [0.5, 0.6) is 0 Å². The van der Waals surface area contributed by atoms with Crippen molar-refractivity contribution in [3.8, 4) is 0 Å². The van der Waals surface area contributed by atoms with E-state index in [1.165, 1.54) is 18.0 Å². The van der Waals surface area contributed by atoms with E-state index in [2.05, 4.69) is 14.3 Å². The molecule has 0 unspecified atom stereocenters. The molecule has 0 spiro atoms. The van der Waals surface area contributed by atoms with E-state index < -0.39 is 0 Å². The second kappa shape index (κ2) is 6.05. The number of rotatable bonds is 4. The van der Waals surface area contributed by atoms with E-state index in [9.17, 15) is 4.79 Å². The molecular weight excluding hydrogens is 276 g/mol. The first-order valence-electron chi connectivity index (χ1n) is 7.13. The minimum absolute atomic E-state index is 0.142. The van der Waals surface area contributed by atoms with Crippen LogP contribution < -0.4 is 4.90 Å². The number of amides is 1. The standard InChI is InChI=1S/C13H20N4O2S/c1-19-9-11-14-13(20-15-11)17-7-10(8-17)12(18)16-5-3-2-4-6-16/h10H,2-9H2,1H3. The zero-order chi connectivity index (χ0) is 13.9. The Kier molecular flexibility index (Phi) is 4.16. The van der Waals surface area contributed by atoms with E-state index in [0.717, 1.165) is 50.0 Å². The maximum Gasteiger partial charge on any atom is 0.229 e. The maximum absolute atomic E-state index is 12.3. The summed E-state index contributed by atoms with van der Waals surface area (Å²) in [5.41, 5.74) is 0. The Morgan fingerprint density at radius 1 is 1.35 bits per heavy atom. The molecule has 0 saturated carbocycles. The van der Waals surface area contributed by atoms with E-state index in [1.54, 1.807) is 7.11 Å². The van der Waals surface area contributed by atoms with Gasteiger partial charge in [0.05, 0.1) is 5.92 Å². The number of hydrogen-bond donors (Lipinski definition) is 0. The Balaban J connectivity index is 1.51. The molecule has 2 saturated heterocycles. The van der Waals surface area contributed by atoms with Crippen molar-refractivity contribution in [3.63, 3.8) is 0 Å². The van der Waals surface area contributed by atoms with Gasteiger partial charge in [0.25, 0.3) is 0 Å². The number of likely N-dealkylation sites (tertiary alicyclic amines) is 1. The van der Waals surface area contributed by atoms with Crippen LogP contribution in [0.25, 0.3) is 0 Å². The van der Waals surface area contributed by atoms with Crippen molar-refractivity contribution in [3.05, 3.63) is 5.82 Å². The number of carbonyl (C=O) groups excluding carboxylic acids is 1. The summed E-state index contributed by atoms with van der Waals surface area (Å²) in [6.07, 6.45) is 3.56. The summed E-state index contributed by atoms with van der Waals surface area (Å²) < 4.78 is 9.25. The fourth-order valence-corrected chi connectivity index (χ4v) is 3.42. The number of nitrogens with zero attached hydrogens (tertiary/aromatic N) is 4. The molecule has 110 valence electrons. The van der Waals surface area contributed by atoms with Gasteiger partial charge in [0.1, 0.15) is 6.61 Å². The minimum atomic E-state index is 0.142. The molecule has 7 heteroatoms. The first-order chi connectivity index (χ1) is 9.78. The first-order valence-corrected chi connectivity index (χ1v) is 7.90. The lowest BCUT2D eigenvalue weighted by atomic mass is 9.98. The molecule has 1 aromatic heterocycles. The van der Waals surface area contributed by atoms with Gasteiger partial charge in [-0.05, 0) is 19.3 Å². The highest BCUT2D eigenvalue weighted by molar-refractivity contribution is 7.09. The van der Waals surface area contributed by atoms with Crippen LogP contribution in [-0.4, -0.2) is 53.5 Å². The lowest BCUT2D eigenvalue weighted by molar-refractivity contribution is -0.137. The van der Waals surface area contributed by atoms with Gasteiger partial charge >= 0.3 is 0 Å². The minimum Gasteiger partial charge on any atom is -0.377 e. The van der Waals surface area contributed by atoms with Crippen LogP contribution in [0.3, 0.4) is 0 Å². The molecule has 3 rings (SSSR count). The molecule has 0 aromatic carbocycles. The average Bonchev–Trinajstić information content (AvgIpc) is 2.87. The zero-order valence-electron chi connectivity index (χ0n) is 11.7. The second-order valence-electron chi connectivity index (χ2n) is 5.41. The molecule has 0 atom stereocenters. The van der Waals surface area contributed by atoms with Gasteiger partial charge in [-0.25, -0.2) is 4.98 Å². The van der Waals surface area contributed by atoms with Gasteiger partial charge in [-0.1, -0.05) is 0 Å². The molecule has 6 nitrogen and oxygen atoms in total. The fourth-order valence-electron chi connectivity index (χ4n) is 2.72. The SMILES string of the molecule is COCc1nsc(N2CC(C(=O)N3CCCCC3)C2)n1. The van der Waals surface area contributed by atoms with Gasteiger partial charge in [-0.3, -0.25) is 4.79 Å². The van der Waals surface area contributed by atoms with E-state index >= 15 is 0 Å². The van der Waals surface area contributed by atoms with Crippen LogP contribution in [0, 0.1) is 5.92 Å². The molecule has 2 aliphatic rings. The number of aromatic nitrogens is 2. The second-order valence-corrected chi connectivity index (χ2v) is 6.14. The van der Waals surface area contributed by atoms with E-state index in [1.807, 2.05) is 4.90 Å². The fraction of sp³-hybridized carbons (Fsp3) is 0.769. The highest BCUT2D eigenvalue weighted by Crippen LogP contribution is 2.28. The third kappa shape index (κ3) is 2.78. The summed E-state index contributed by atoms with van der Waals surface area (Å²) in [6, 6.07) is 0. The van der Waals surface area contributed by atoms with Crippen LogP contribution in [0.2, 0.25) is 0 Å². The van der Waals surface area contributed by atoms with Crippen LogP contribution in [0.1, 0.15) is 25.1 Å². The molecule has 1 aromatic rings. The molecule has 1 amide bonds. The lowest BCUT2D eigenvalue weighted by Crippen LogP contribution is -2.55. The van der Waals surface area contributed by atoms with Crippen molar-refractivity contribution in [2.75, 3.05) is 38.2 Å². The predicted molar refractivity (Wildman–Crippen MR) is 76.8 cm³/mol. The van der Waals surface area contributed by atoms with Crippen LogP contribution >= 0.6 is 11.5 Å². The average molecular weight is 296 g/mol. The monoisotopic (exact) mass is 296 g/mol. The Morgan fingerprint density at radius 2 is 2.10 bits per heavy atom. The van der Waals surface area contributed by atoms with Crippen molar-refractivity contribution >= 4 is 22.6 Å². The van der Waals surface area contributed by atoms with Gasteiger partial charge in [0.2, 0.25) is 11.0 Å². The molecule has 3 heterocycles. The normalized spacial score (nSPS) is 20.1. The number of hydrogen-bond acceptors (Lipinski definition) is 6. The van der Waals surface area contributed by atoms with Crippen LogP contribution in [0.4, 0.5) is 5.13 Å². The third-order valence-corrected chi connectivity index (χ3v) is 4.71. The maximum atomic E-state index is 12.3. The molecular formula is C13H20N4O2S. The summed E-state index contributed by atoms with van der Waals surface area (Å²) in [4.78, 5) is 20.9. The topological polar surface area (TPSA) is 58.6 Å². The first kappa shape index (κ1) is 13.8. The summed E-state index contributed by atoms with van der Waals surface area (Å²) in [6.45, 7) is 3.87. The van der Waals surface area contributed by atoms with Crippen LogP contribution in [-0.2, 0) is 16.1 Å². The summed E-state index contributed by atoms with van der Waals surface area (Å²) in [7, 11) is 1.64. The van der Waals surface area contributed by atoms with Gasteiger partial charge in [0.15, 0.2) is 5.82 Å². The smallest absolute Gasteiger partial charge is 0.229 e. The highest BCUT2D eigenvalue weighted by atomic mass is 32.1. The Hall–Kier alpha value is -1.21. The van der Waals surface area contributed by atoms with Gasteiger partial charge in [-0.15, -0.1) is 0 Å². The summed E-state index contributed by atoms with van der Waals surface area (Å²) >= 11 is 1.38. The van der Waals surface area contributed by atoms with Crippen molar-refractivity contribution in [2.45, 2.75) is 25.9 Å². The Morgan fingerprint density at radius 3 is 2.80 bits per heavy atom. The molecule has 0 N–H and O–H groups in total. The summed E-state index contributed by atoms with van der Waals surface area (Å²) in [5, 5.41) is 0.903. The largest absolute Gasteiger partial charge is 0.377 e. The lowest BCUT2D eigenvalue weighted by Gasteiger charge is -2.41. The third-order valence-electron chi connectivity index (χ3n) is 3.90. The molecule has 0 aliphatic carbocycles. The van der Waals surface area contributed by atoms with Crippen LogP contribution in [0.15, 0.2) is 0 Å². The number of methoxy groups -OCH3 is 1. The van der Waals surface area contributed by atoms with Crippen molar-refractivity contribution < 1.29 is 9.53 Å². The van der Waals surface area contributed by atoms with E-state index in [0.29, 0.717) is 12.5 Å². The highest BCUT2D eigenvalue weighted by Gasteiger charge is 2.37. The van der Waals surface area contributed by atoms with E-state index in [4.69, 9.17) is 4.74 Å². The number of piperidine rings is 1. The number of ether oxygens (including phenoxy) is 1.